The van der Waals surface area contributed by atoms with Crippen molar-refractivity contribution in [2.45, 2.75) is 19.6 Å². The van der Waals surface area contributed by atoms with E-state index in [1.807, 2.05) is 24.3 Å². The highest BCUT2D eigenvalue weighted by molar-refractivity contribution is 6.30. The van der Waals surface area contributed by atoms with Crippen molar-refractivity contribution in [1.82, 2.24) is 4.90 Å². The van der Waals surface area contributed by atoms with Crippen molar-refractivity contribution in [3.8, 4) is 11.8 Å². The maximum absolute atomic E-state index is 12.4. The van der Waals surface area contributed by atoms with E-state index < -0.39 is 6.10 Å². The van der Waals surface area contributed by atoms with Crippen LogP contribution in [0.15, 0.2) is 48.5 Å². The molecule has 0 N–H and O–H groups in total. The van der Waals surface area contributed by atoms with Gasteiger partial charge in [-0.2, -0.15) is 5.26 Å². The van der Waals surface area contributed by atoms with Crippen molar-refractivity contribution >= 4 is 17.5 Å². The van der Waals surface area contributed by atoms with Gasteiger partial charge in [0.2, 0.25) is 0 Å². The Morgan fingerprint density at radius 3 is 2.61 bits per heavy atom. The van der Waals surface area contributed by atoms with Crippen LogP contribution in [0.3, 0.4) is 0 Å². The van der Waals surface area contributed by atoms with Crippen LogP contribution < -0.4 is 4.74 Å². The van der Waals surface area contributed by atoms with E-state index in [-0.39, 0.29) is 5.91 Å². The summed E-state index contributed by atoms with van der Waals surface area (Å²) >= 11 is 5.95. The van der Waals surface area contributed by atoms with Crippen LogP contribution in [-0.4, -0.2) is 24.0 Å². The average molecular weight is 329 g/mol. The second-order valence-corrected chi connectivity index (χ2v) is 5.66. The standard InChI is InChI=1S/C18H17ClN2O2/c1-13(23-17-8-6-14(11-20)7-9-17)18(22)21(2)12-15-4-3-5-16(19)10-15/h3-10,13H,12H2,1-2H3. The summed E-state index contributed by atoms with van der Waals surface area (Å²) in [6, 6.07) is 16.1. The van der Waals surface area contributed by atoms with E-state index >= 15 is 0 Å². The van der Waals surface area contributed by atoms with Crippen molar-refractivity contribution in [3.05, 3.63) is 64.7 Å². The molecule has 2 aromatic rings. The third kappa shape index (κ3) is 4.73. The Kier molecular flexibility index (Phi) is 5.61. The lowest BCUT2D eigenvalue weighted by molar-refractivity contribution is -0.137. The number of likely N-dealkylation sites (N-methyl/N-ethyl adjacent to an activating group) is 1. The summed E-state index contributed by atoms with van der Waals surface area (Å²) in [6.45, 7) is 2.16. The molecule has 0 aliphatic heterocycles. The van der Waals surface area contributed by atoms with E-state index in [4.69, 9.17) is 21.6 Å². The molecule has 0 aliphatic carbocycles. The normalized spacial score (nSPS) is 11.4. The molecule has 1 amide bonds. The molecule has 23 heavy (non-hydrogen) atoms. The number of amides is 1. The quantitative estimate of drug-likeness (QED) is 0.842. The number of nitriles is 1. The number of hydrogen-bond acceptors (Lipinski definition) is 3. The Hall–Kier alpha value is -2.51. The summed E-state index contributed by atoms with van der Waals surface area (Å²) in [6.07, 6.45) is -0.618. The molecule has 118 valence electrons. The Morgan fingerprint density at radius 1 is 1.30 bits per heavy atom. The van der Waals surface area contributed by atoms with Crippen LogP contribution in [0.1, 0.15) is 18.1 Å². The first kappa shape index (κ1) is 16.9. The van der Waals surface area contributed by atoms with Crippen molar-refractivity contribution in [2.24, 2.45) is 0 Å². The van der Waals surface area contributed by atoms with Crippen molar-refractivity contribution in [1.29, 1.82) is 5.26 Å². The first-order chi connectivity index (χ1) is 11.0. The summed E-state index contributed by atoms with van der Waals surface area (Å²) in [5.41, 5.74) is 1.51. The molecule has 4 nitrogen and oxygen atoms in total. The lowest BCUT2D eigenvalue weighted by atomic mass is 10.2. The largest absolute Gasteiger partial charge is 0.481 e. The number of halogens is 1. The molecule has 0 aromatic heterocycles. The van der Waals surface area contributed by atoms with Gasteiger partial charge in [-0.1, -0.05) is 23.7 Å². The smallest absolute Gasteiger partial charge is 0.263 e. The monoisotopic (exact) mass is 328 g/mol. The predicted molar refractivity (Wildman–Crippen MR) is 89.2 cm³/mol. The molecule has 0 saturated carbocycles. The lowest BCUT2D eigenvalue weighted by Crippen LogP contribution is -2.37. The number of hydrogen-bond donors (Lipinski definition) is 0. The highest BCUT2D eigenvalue weighted by atomic mass is 35.5. The third-order valence-electron chi connectivity index (χ3n) is 3.33. The molecule has 0 fully saturated rings. The van der Waals surface area contributed by atoms with Crippen LogP contribution in [0, 0.1) is 11.3 Å². The zero-order chi connectivity index (χ0) is 16.8. The zero-order valence-corrected chi connectivity index (χ0v) is 13.7. The Bertz CT molecular complexity index is 723. The molecular formula is C18H17ClN2O2. The topological polar surface area (TPSA) is 53.3 Å². The molecule has 0 saturated heterocycles. The molecule has 2 rings (SSSR count). The van der Waals surface area contributed by atoms with E-state index in [1.165, 1.54) is 0 Å². The van der Waals surface area contributed by atoms with Crippen molar-refractivity contribution in [2.75, 3.05) is 7.05 Å². The number of carbonyl (C=O) groups is 1. The fourth-order valence-electron chi connectivity index (χ4n) is 2.16. The first-order valence-electron chi connectivity index (χ1n) is 7.16. The maximum Gasteiger partial charge on any atom is 0.263 e. The summed E-state index contributed by atoms with van der Waals surface area (Å²) < 4.78 is 5.63. The van der Waals surface area contributed by atoms with E-state index in [2.05, 4.69) is 0 Å². The molecular weight excluding hydrogens is 312 g/mol. The summed E-state index contributed by atoms with van der Waals surface area (Å²) in [4.78, 5) is 14.0. The summed E-state index contributed by atoms with van der Waals surface area (Å²) in [7, 11) is 1.72. The van der Waals surface area contributed by atoms with Gasteiger partial charge in [0, 0.05) is 18.6 Å². The summed E-state index contributed by atoms with van der Waals surface area (Å²) in [5, 5.41) is 9.41. The minimum Gasteiger partial charge on any atom is -0.481 e. The minimum absolute atomic E-state index is 0.130. The van der Waals surface area contributed by atoms with Crippen LogP contribution in [-0.2, 0) is 11.3 Å². The number of carbonyl (C=O) groups excluding carboxylic acids is 1. The van der Waals surface area contributed by atoms with Gasteiger partial charge in [-0.05, 0) is 48.9 Å². The Labute approximate surface area is 140 Å². The fourth-order valence-corrected chi connectivity index (χ4v) is 2.37. The van der Waals surface area contributed by atoms with Gasteiger partial charge in [0.1, 0.15) is 5.75 Å². The summed E-state index contributed by atoms with van der Waals surface area (Å²) in [5.74, 6) is 0.426. The van der Waals surface area contributed by atoms with Gasteiger partial charge in [0.25, 0.3) is 5.91 Å². The van der Waals surface area contributed by atoms with Gasteiger partial charge in [0.15, 0.2) is 6.10 Å². The Balaban J connectivity index is 1.96. The molecule has 5 heteroatoms. The fraction of sp³-hybridized carbons (Fsp3) is 0.222. The molecule has 0 aliphatic rings. The van der Waals surface area contributed by atoms with Crippen LogP contribution >= 0.6 is 11.6 Å². The van der Waals surface area contributed by atoms with Crippen LogP contribution in [0.5, 0.6) is 5.75 Å². The van der Waals surface area contributed by atoms with Crippen LogP contribution in [0.25, 0.3) is 0 Å². The van der Waals surface area contributed by atoms with Gasteiger partial charge < -0.3 is 9.64 Å². The minimum atomic E-state index is -0.618. The van der Waals surface area contributed by atoms with Gasteiger partial charge in [0.05, 0.1) is 11.6 Å². The third-order valence-corrected chi connectivity index (χ3v) is 3.56. The Morgan fingerprint density at radius 2 is 2.00 bits per heavy atom. The number of benzene rings is 2. The van der Waals surface area contributed by atoms with Gasteiger partial charge >= 0.3 is 0 Å². The second kappa shape index (κ2) is 7.66. The van der Waals surface area contributed by atoms with E-state index in [0.717, 1.165) is 5.56 Å². The second-order valence-electron chi connectivity index (χ2n) is 5.22. The zero-order valence-electron chi connectivity index (χ0n) is 13.0. The molecule has 0 bridgehead atoms. The average Bonchev–Trinajstić information content (AvgIpc) is 2.54. The first-order valence-corrected chi connectivity index (χ1v) is 7.53. The van der Waals surface area contributed by atoms with Crippen molar-refractivity contribution < 1.29 is 9.53 Å². The van der Waals surface area contributed by atoms with Gasteiger partial charge in [-0.3, -0.25) is 4.79 Å². The van der Waals surface area contributed by atoms with Crippen LogP contribution in [0.4, 0.5) is 0 Å². The molecule has 2 aromatic carbocycles. The lowest BCUT2D eigenvalue weighted by Gasteiger charge is -2.22. The number of rotatable bonds is 5. The maximum atomic E-state index is 12.4. The van der Waals surface area contributed by atoms with E-state index in [0.29, 0.717) is 22.9 Å². The number of nitrogens with zero attached hydrogens (tertiary/aromatic N) is 2. The number of ether oxygens (including phenoxy) is 1. The molecule has 0 radical (unpaired) electrons. The molecule has 0 spiro atoms. The predicted octanol–water partition coefficient (Wildman–Crippen LogP) is 3.64. The highest BCUT2D eigenvalue weighted by Crippen LogP contribution is 2.16. The van der Waals surface area contributed by atoms with Crippen molar-refractivity contribution in [3.63, 3.8) is 0 Å². The molecule has 1 atom stereocenters. The van der Waals surface area contributed by atoms with Gasteiger partial charge in [-0.25, -0.2) is 0 Å². The van der Waals surface area contributed by atoms with Gasteiger partial charge in [-0.15, -0.1) is 0 Å². The van der Waals surface area contributed by atoms with E-state index in [9.17, 15) is 4.79 Å². The van der Waals surface area contributed by atoms with E-state index in [1.54, 1.807) is 49.2 Å². The molecule has 1 unspecified atom stereocenters. The van der Waals surface area contributed by atoms with Crippen LogP contribution in [0.2, 0.25) is 5.02 Å². The molecule has 0 heterocycles. The SMILES string of the molecule is CC(Oc1ccc(C#N)cc1)C(=O)N(C)Cc1cccc(Cl)c1. The highest BCUT2D eigenvalue weighted by Gasteiger charge is 2.19.